The molecule has 1 aromatic heterocycles. The molecule has 1 heterocycles. The SMILES string of the molecule is C#CC/C=C\C=C(/C)C1(C2C=CC=CC2)c2ccccc2-c2c(O)ccc(-c3ccc4sc5ccccc5c4c3)c21. The van der Waals surface area contributed by atoms with Crippen LogP contribution in [0.1, 0.15) is 30.9 Å². The van der Waals surface area contributed by atoms with Crippen LogP contribution in [-0.2, 0) is 5.41 Å². The third kappa shape index (κ3) is 3.85. The third-order valence-corrected chi connectivity index (χ3v) is 9.92. The number of thiophene rings is 1. The van der Waals surface area contributed by atoms with Crippen LogP contribution in [0.25, 0.3) is 42.4 Å². The van der Waals surface area contributed by atoms with Gasteiger partial charge in [0.05, 0.1) is 0 Å². The first-order valence-electron chi connectivity index (χ1n) is 14.1. The Kier molecular flexibility index (Phi) is 6.26. The van der Waals surface area contributed by atoms with E-state index < -0.39 is 5.41 Å². The Bertz CT molecular complexity index is 1990. The van der Waals surface area contributed by atoms with E-state index in [0.717, 1.165) is 23.1 Å². The second kappa shape index (κ2) is 10.1. The largest absolute Gasteiger partial charge is 0.507 e. The topological polar surface area (TPSA) is 20.2 Å². The molecule has 0 saturated carbocycles. The van der Waals surface area contributed by atoms with E-state index >= 15 is 0 Å². The molecule has 2 aliphatic carbocycles. The molecule has 0 bridgehead atoms. The molecular formula is C39H30OS. The summed E-state index contributed by atoms with van der Waals surface area (Å²) in [5.74, 6) is 3.21. The molecule has 1 nitrogen and oxygen atoms in total. The number of rotatable bonds is 5. The van der Waals surface area contributed by atoms with Crippen LogP contribution in [0, 0.1) is 18.3 Å². The third-order valence-electron chi connectivity index (χ3n) is 8.76. The van der Waals surface area contributed by atoms with Gasteiger partial charge in [0.25, 0.3) is 0 Å². The van der Waals surface area contributed by atoms with E-state index in [9.17, 15) is 5.11 Å². The Morgan fingerprint density at radius 2 is 1.80 bits per heavy atom. The minimum absolute atomic E-state index is 0.179. The average molecular weight is 547 g/mol. The molecule has 5 aromatic rings. The molecule has 2 unspecified atom stereocenters. The van der Waals surface area contributed by atoms with Gasteiger partial charge >= 0.3 is 0 Å². The second-order valence-electron chi connectivity index (χ2n) is 10.9. The van der Waals surface area contributed by atoms with Crippen molar-refractivity contribution >= 4 is 31.5 Å². The van der Waals surface area contributed by atoms with Gasteiger partial charge in [-0.1, -0.05) is 103 Å². The second-order valence-corrected chi connectivity index (χ2v) is 12.0. The van der Waals surface area contributed by atoms with Crippen molar-refractivity contribution in [2.75, 3.05) is 0 Å². The lowest BCUT2D eigenvalue weighted by Crippen LogP contribution is -2.36. The maximum absolute atomic E-state index is 11.5. The first kappa shape index (κ1) is 25.4. The van der Waals surface area contributed by atoms with Crippen molar-refractivity contribution < 1.29 is 5.11 Å². The van der Waals surface area contributed by atoms with Gasteiger partial charge in [-0.15, -0.1) is 23.7 Å². The molecule has 0 radical (unpaired) electrons. The van der Waals surface area contributed by atoms with Crippen molar-refractivity contribution in [2.45, 2.75) is 25.2 Å². The molecule has 7 rings (SSSR count). The minimum atomic E-state index is -0.465. The quantitative estimate of drug-likeness (QED) is 0.172. The number of hydrogen-bond acceptors (Lipinski definition) is 2. The highest BCUT2D eigenvalue weighted by Crippen LogP contribution is 2.62. The van der Waals surface area contributed by atoms with Gasteiger partial charge in [0, 0.05) is 37.6 Å². The van der Waals surface area contributed by atoms with Crippen LogP contribution in [0.5, 0.6) is 5.75 Å². The number of phenolic OH excluding ortho intramolecular Hbond substituents is 1. The summed E-state index contributed by atoms with van der Waals surface area (Å²) in [6, 6.07) is 28.1. The summed E-state index contributed by atoms with van der Waals surface area (Å²) >= 11 is 1.84. The fourth-order valence-electron chi connectivity index (χ4n) is 7.06. The molecule has 41 heavy (non-hydrogen) atoms. The van der Waals surface area contributed by atoms with E-state index in [1.54, 1.807) is 0 Å². The molecule has 2 heteroatoms. The summed E-state index contributed by atoms with van der Waals surface area (Å²) < 4.78 is 2.59. The van der Waals surface area contributed by atoms with E-state index in [2.05, 4.69) is 122 Å². The van der Waals surface area contributed by atoms with Gasteiger partial charge in [-0.2, -0.15) is 0 Å². The van der Waals surface area contributed by atoms with Crippen molar-refractivity contribution in [2.24, 2.45) is 5.92 Å². The van der Waals surface area contributed by atoms with Gasteiger partial charge < -0.3 is 5.11 Å². The maximum Gasteiger partial charge on any atom is 0.123 e. The van der Waals surface area contributed by atoms with Crippen LogP contribution in [0.15, 0.2) is 127 Å². The molecule has 0 spiro atoms. The minimum Gasteiger partial charge on any atom is -0.507 e. The molecule has 198 valence electrons. The molecule has 0 saturated heterocycles. The van der Waals surface area contributed by atoms with Gasteiger partial charge in [0.1, 0.15) is 5.75 Å². The summed E-state index contributed by atoms with van der Waals surface area (Å²) in [5, 5.41) is 14.1. The van der Waals surface area contributed by atoms with Crippen LogP contribution in [0.3, 0.4) is 0 Å². The number of hydrogen-bond donors (Lipinski definition) is 1. The molecule has 2 aliphatic rings. The van der Waals surface area contributed by atoms with Crippen molar-refractivity contribution in [1.82, 2.24) is 0 Å². The van der Waals surface area contributed by atoms with Gasteiger partial charge in [-0.25, -0.2) is 0 Å². The lowest BCUT2D eigenvalue weighted by molar-refractivity contribution is 0.445. The molecule has 2 atom stereocenters. The predicted molar refractivity (Wildman–Crippen MR) is 175 cm³/mol. The number of terminal acetylenes is 1. The first-order chi connectivity index (χ1) is 20.1. The molecule has 1 N–H and O–H groups in total. The molecule has 0 amide bonds. The van der Waals surface area contributed by atoms with Gasteiger partial charge in [-0.05, 0) is 71.3 Å². The van der Waals surface area contributed by atoms with Gasteiger partial charge in [0.2, 0.25) is 0 Å². The zero-order valence-corrected chi connectivity index (χ0v) is 23.8. The number of allylic oxidation sites excluding steroid dienone is 8. The van der Waals surface area contributed by atoms with E-state index in [-0.39, 0.29) is 5.92 Å². The smallest absolute Gasteiger partial charge is 0.123 e. The van der Waals surface area contributed by atoms with Crippen LogP contribution in [-0.4, -0.2) is 5.11 Å². The summed E-state index contributed by atoms with van der Waals surface area (Å²) in [7, 11) is 0. The van der Waals surface area contributed by atoms with E-state index in [1.165, 1.54) is 42.4 Å². The van der Waals surface area contributed by atoms with Gasteiger partial charge in [-0.3, -0.25) is 0 Å². The predicted octanol–water partition coefficient (Wildman–Crippen LogP) is 10.4. The van der Waals surface area contributed by atoms with Crippen LogP contribution in [0.2, 0.25) is 0 Å². The van der Waals surface area contributed by atoms with Crippen molar-refractivity contribution in [3.05, 3.63) is 138 Å². The number of aromatic hydroxyl groups is 1. The standard InChI is InChI=1S/C39H30OS/c1-3-4-5-7-14-26(2)39(28-15-8-6-9-16-28)33-19-12-10-18-31(33)37-34(40)23-22-29(38(37)39)27-21-24-36-32(25-27)30-17-11-13-20-35(30)41-36/h1,5-15,17-25,28,40H,4,16H2,2H3/b7-5-,26-14+. The highest BCUT2D eigenvalue weighted by molar-refractivity contribution is 7.25. The molecule has 0 fully saturated rings. The Morgan fingerprint density at radius 1 is 0.976 bits per heavy atom. The molecular weight excluding hydrogens is 516 g/mol. The fourth-order valence-corrected chi connectivity index (χ4v) is 8.14. The highest BCUT2D eigenvalue weighted by atomic mass is 32.1. The van der Waals surface area contributed by atoms with Crippen molar-refractivity contribution in [1.29, 1.82) is 0 Å². The van der Waals surface area contributed by atoms with E-state index in [1.807, 2.05) is 23.5 Å². The van der Waals surface area contributed by atoms with E-state index in [4.69, 9.17) is 6.42 Å². The molecule has 0 aliphatic heterocycles. The monoisotopic (exact) mass is 546 g/mol. The zero-order chi connectivity index (χ0) is 28.0. The summed E-state index contributed by atoms with van der Waals surface area (Å²) in [6.07, 6.45) is 22.3. The molecule has 4 aromatic carbocycles. The Morgan fingerprint density at radius 3 is 2.66 bits per heavy atom. The van der Waals surface area contributed by atoms with Crippen LogP contribution in [0.4, 0.5) is 0 Å². The van der Waals surface area contributed by atoms with Crippen LogP contribution < -0.4 is 0 Å². The van der Waals surface area contributed by atoms with Crippen LogP contribution >= 0.6 is 11.3 Å². The normalized spacial score (nSPS) is 19.6. The zero-order valence-electron chi connectivity index (χ0n) is 23.0. The summed E-state index contributed by atoms with van der Waals surface area (Å²) in [6.45, 7) is 2.24. The lowest BCUT2D eigenvalue weighted by atomic mass is 9.61. The number of phenols is 1. The Labute approximate surface area is 245 Å². The van der Waals surface area contributed by atoms with Gasteiger partial charge in [0.15, 0.2) is 0 Å². The average Bonchev–Trinajstić information content (AvgIpc) is 3.54. The maximum atomic E-state index is 11.5. The number of fused-ring (bicyclic) bond motifs is 6. The Balaban J connectivity index is 1.56. The summed E-state index contributed by atoms with van der Waals surface area (Å²) in [5.41, 5.74) is 7.56. The van der Waals surface area contributed by atoms with Crippen molar-refractivity contribution in [3.8, 4) is 40.3 Å². The van der Waals surface area contributed by atoms with Crippen molar-refractivity contribution in [3.63, 3.8) is 0 Å². The first-order valence-corrected chi connectivity index (χ1v) is 14.9. The highest BCUT2D eigenvalue weighted by Gasteiger charge is 2.51. The van der Waals surface area contributed by atoms with E-state index in [0.29, 0.717) is 12.2 Å². The fraction of sp³-hybridized carbons (Fsp3) is 0.128. The Hall–Kier alpha value is -4.58. The lowest BCUT2D eigenvalue weighted by Gasteiger charge is -2.41. The summed E-state index contributed by atoms with van der Waals surface area (Å²) in [4.78, 5) is 0. The number of benzene rings is 4.